The largest absolute Gasteiger partial charge is 0.467 e. The van der Waals surface area contributed by atoms with Gasteiger partial charge in [0.2, 0.25) is 0 Å². The molecule has 0 bridgehead atoms. The van der Waals surface area contributed by atoms with Crippen molar-refractivity contribution in [3.05, 3.63) is 41.0 Å². The molecule has 1 amide bonds. The normalized spacial score (nSPS) is 13.1. The van der Waals surface area contributed by atoms with E-state index in [-0.39, 0.29) is 11.5 Å². The molecule has 1 aromatic carbocycles. The Morgan fingerprint density at radius 1 is 1.26 bits per heavy atom. The molecule has 1 aromatic rings. The second-order valence-electron chi connectivity index (χ2n) is 6.11. The van der Waals surface area contributed by atoms with E-state index in [1.807, 2.05) is 26.0 Å². The van der Waals surface area contributed by atoms with Gasteiger partial charge in [0.25, 0.3) is 5.91 Å². The highest BCUT2D eigenvalue weighted by molar-refractivity contribution is 5.99. The fourth-order valence-corrected chi connectivity index (χ4v) is 2.19. The Bertz CT molecular complexity index is 747. The van der Waals surface area contributed by atoms with E-state index in [4.69, 9.17) is 10.00 Å². The number of benzene rings is 1. The molecule has 0 fully saturated rings. The standard InChI is InChI=1S/C20H24N2O5/c1-5-14(3)18(20(25)26-4)22-17(23)12-27-19(24)16(11-21)10-15-8-6-13(2)7-9-15/h6-10,14,18H,5,12H2,1-4H3,(H,22,23)/b16-10+/t14-,18-/m0/s1. The van der Waals surface area contributed by atoms with Gasteiger partial charge in [-0.25, -0.2) is 9.59 Å². The zero-order valence-corrected chi connectivity index (χ0v) is 15.9. The van der Waals surface area contributed by atoms with Gasteiger partial charge in [-0.05, 0) is 24.5 Å². The van der Waals surface area contributed by atoms with Gasteiger partial charge >= 0.3 is 11.9 Å². The average Bonchev–Trinajstić information content (AvgIpc) is 2.68. The maximum absolute atomic E-state index is 12.0. The first-order chi connectivity index (χ1) is 12.8. The van der Waals surface area contributed by atoms with Crippen molar-refractivity contribution in [3.8, 4) is 6.07 Å². The van der Waals surface area contributed by atoms with Crippen LogP contribution >= 0.6 is 0 Å². The molecular weight excluding hydrogens is 348 g/mol. The lowest BCUT2D eigenvalue weighted by Gasteiger charge is -2.21. The van der Waals surface area contributed by atoms with Crippen LogP contribution < -0.4 is 5.32 Å². The summed E-state index contributed by atoms with van der Waals surface area (Å²) in [6.07, 6.45) is 2.04. The topological polar surface area (TPSA) is 105 Å². The van der Waals surface area contributed by atoms with E-state index in [0.29, 0.717) is 12.0 Å². The van der Waals surface area contributed by atoms with E-state index in [1.165, 1.54) is 13.2 Å². The second kappa shape index (κ2) is 10.8. The third kappa shape index (κ3) is 6.94. The Hall–Kier alpha value is -3.14. The maximum atomic E-state index is 12.0. The van der Waals surface area contributed by atoms with Crippen molar-refractivity contribution in [2.75, 3.05) is 13.7 Å². The number of ether oxygens (including phenoxy) is 2. The van der Waals surface area contributed by atoms with Crippen LogP contribution in [0.5, 0.6) is 0 Å². The molecule has 0 spiro atoms. The summed E-state index contributed by atoms with van der Waals surface area (Å²) in [6, 6.07) is 8.16. The third-order valence-electron chi connectivity index (χ3n) is 4.05. The highest BCUT2D eigenvalue weighted by Gasteiger charge is 2.27. The highest BCUT2D eigenvalue weighted by Crippen LogP contribution is 2.11. The molecule has 0 unspecified atom stereocenters. The average molecular weight is 372 g/mol. The minimum absolute atomic E-state index is 0.145. The Morgan fingerprint density at radius 2 is 1.89 bits per heavy atom. The lowest BCUT2D eigenvalue weighted by atomic mass is 9.99. The van der Waals surface area contributed by atoms with Crippen molar-refractivity contribution in [1.29, 1.82) is 5.26 Å². The number of nitriles is 1. The number of carbonyl (C=O) groups excluding carboxylic acids is 3. The quantitative estimate of drug-likeness (QED) is 0.426. The van der Waals surface area contributed by atoms with E-state index in [2.05, 4.69) is 10.1 Å². The van der Waals surface area contributed by atoms with Gasteiger partial charge in [0.1, 0.15) is 17.7 Å². The Labute approximate surface area is 159 Å². The molecule has 0 aliphatic carbocycles. The SMILES string of the molecule is CC[C@H](C)[C@H](NC(=O)COC(=O)/C(C#N)=C/c1ccc(C)cc1)C(=O)OC. The Balaban J connectivity index is 2.70. The van der Waals surface area contributed by atoms with Crippen molar-refractivity contribution in [2.24, 2.45) is 5.92 Å². The van der Waals surface area contributed by atoms with Crippen LogP contribution in [0, 0.1) is 24.2 Å². The maximum Gasteiger partial charge on any atom is 0.349 e. The number of aryl methyl sites for hydroxylation is 1. The second-order valence-corrected chi connectivity index (χ2v) is 6.11. The minimum Gasteiger partial charge on any atom is -0.467 e. The first-order valence-corrected chi connectivity index (χ1v) is 8.55. The van der Waals surface area contributed by atoms with Gasteiger partial charge in [0.15, 0.2) is 6.61 Å². The molecular formula is C20H24N2O5. The van der Waals surface area contributed by atoms with Gasteiger partial charge in [0, 0.05) is 0 Å². The zero-order valence-electron chi connectivity index (χ0n) is 15.9. The molecule has 0 aromatic heterocycles. The number of esters is 2. The summed E-state index contributed by atoms with van der Waals surface area (Å²) in [6.45, 7) is 5.00. The van der Waals surface area contributed by atoms with Gasteiger partial charge in [-0.2, -0.15) is 5.26 Å². The number of amides is 1. The van der Waals surface area contributed by atoms with Crippen LogP contribution in [0.2, 0.25) is 0 Å². The molecule has 2 atom stereocenters. The summed E-state index contributed by atoms with van der Waals surface area (Å²) in [5.41, 5.74) is 1.49. The summed E-state index contributed by atoms with van der Waals surface area (Å²) in [7, 11) is 1.24. The van der Waals surface area contributed by atoms with Gasteiger partial charge in [-0.15, -0.1) is 0 Å². The van der Waals surface area contributed by atoms with E-state index < -0.39 is 30.5 Å². The van der Waals surface area contributed by atoms with Crippen LogP contribution in [0.1, 0.15) is 31.4 Å². The predicted molar refractivity (Wildman–Crippen MR) is 99.1 cm³/mol. The molecule has 1 rings (SSSR count). The number of nitrogens with zero attached hydrogens (tertiary/aromatic N) is 1. The molecule has 27 heavy (non-hydrogen) atoms. The fraction of sp³-hybridized carbons (Fsp3) is 0.400. The zero-order chi connectivity index (χ0) is 20.4. The molecule has 0 aliphatic rings. The molecule has 1 N–H and O–H groups in total. The summed E-state index contributed by atoms with van der Waals surface area (Å²) in [5.74, 6) is -2.27. The van der Waals surface area contributed by atoms with Crippen molar-refractivity contribution in [2.45, 2.75) is 33.2 Å². The van der Waals surface area contributed by atoms with Crippen LogP contribution in [0.4, 0.5) is 0 Å². The smallest absolute Gasteiger partial charge is 0.349 e. The van der Waals surface area contributed by atoms with Crippen molar-refractivity contribution < 1.29 is 23.9 Å². The minimum atomic E-state index is -0.911. The predicted octanol–water partition coefficient (Wildman–Crippen LogP) is 2.15. The monoisotopic (exact) mass is 372 g/mol. The van der Waals surface area contributed by atoms with Crippen LogP contribution in [0.15, 0.2) is 29.8 Å². The number of hydrogen-bond donors (Lipinski definition) is 1. The van der Waals surface area contributed by atoms with Gasteiger partial charge < -0.3 is 14.8 Å². The fourth-order valence-electron chi connectivity index (χ4n) is 2.19. The lowest BCUT2D eigenvalue weighted by molar-refractivity contribution is -0.149. The van der Waals surface area contributed by atoms with Crippen LogP contribution in [0.25, 0.3) is 6.08 Å². The first kappa shape index (κ1) is 21.9. The lowest BCUT2D eigenvalue weighted by Crippen LogP contribution is -2.47. The first-order valence-electron chi connectivity index (χ1n) is 8.55. The molecule has 0 saturated carbocycles. The van der Waals surface area contributed by atoms with Crippen LogP contribution in [-0.4, -0.2) is 37.6 Å². The third-order valence-corrected chi connectivity index (χ3v) is 4.05. The summed E-state index contributed by atoms with van der Waals surface area (Å²) in [5, 5.41) is 11.6. The van der Waals surface area contributed by atoms with E-state index in [1.54, 1.807) is 25.1 Å². The number of methoxy groups -OCH3 is 1. The van der Waals surface area contributed by atoms with Crippen LogP contribution in [-0.2, 0) is 23.9 Å². The molecule has 0 heterocycles. The number of rotatable bonds is 8. The van der Waals surface area contributed by atoms with Crippen molar-refractivity contribution in [3.63, 3.8) is 0 Å². The van der Waals surface area contributed by atoms with E-state index >= 15 is 0 Å². The summed E-state index contributed by atoms with van der Waals surface area (Å²) < 4.78 is 9.57. The highest BCUT2D eigenvalue weighted by atomic mass is 16.5. The van der Waals surface area contributed by atoms with E-state index in [0.717, 1.165) is 5.56 Å². The molecule has 7 nitrogen and oxygen atoms in total. The van der Waals surface area contributed by atoms with Crippen LogP contribution in [0.3, 0.4) is 0 Å². The van der Waals surface area contributed by atoms with Gasteiger partial charge in [-0.1, -0.05) is 50.1 Å². The number of hydrogen-bond acceptors (Lipinski definition) is 6. The summed E-state index contributed by atoms with van der Waals surface area (Å²) in [4.78, 5) is 35.8. The molecule has 0 aliphatic heterocycles. The van der Waals surface area contributed by atoms with Gasteiger partial charge in [0.05, 0.1) is 7.11 Å². The molecule has 7 heteroatoms. The molecule has 0 saturated heterocycles. The van der Waals surface area contributed by atoms with Crippen molar-refractivity contribution >= 4 is 23.9 Å². The molecule has 0 radical (unpaired) electrons. The number of nitrogens with one attached hydrogen (secondary N) is 1. The molecule has 144 valence electrons. The Morgan fingerprint density at radius 3 is 2.41 bits per heavy atom. The van der Waals surface area contributed by atoms with E-state index in [9.17, 15) is 14.4 Å². The Kier molecular flexibility index (Phi) is 8.73. The van der Waals surface area contributed by atoms with Crippen molar-refractivity contribution in [1.82, 2.24) is 5.32 Å². The van der Waals surface area contributed by atoms with Gasteiger partial charge in [-0.3, -0.25) is 4.79 Å². The summed E-state index contributed by atoms with van der Waals surface area (Å²) >= 11 is 0. The number of carbonyl (C=O) groups is 3.